The average molecular weight is 416 g/mol. The van der Waals surface area contributed by atoms with E-state index in [1.54, 1.807) is 0 Å². The minimum Gasteiger partial charge on any atom is -0.493 e. The van der Waals surface area contributed by atoms with E-state index in [1.165, 1.54) is 5.56 Å². The van der Waals surface area contributed by atoms with Crippen LogP contribution in [-0.4, -0.2) is 49.0 Å². The Morgan fingerprint density at radius 3 is 2.60 bits per heavy atom. The van der Waals surface area contributed by atoms with Gasteiger partial charge in [0.15, 0.2) is 0 Å². The molecule has 0 radical (unpaired) electrons. The number of rotatable bonds is 2. The predicted molar refractivity (Wildman–Crippen MR) is 118 cm³/mol. The van der Waals surface area contributed by atoms with Crippen LogP contribution in [0, 0.1) is 11.3 Å². The van der Waals surface area contributed by atoms with E-state index in [2.05, 4.69) is 17.4 Å². The summed E-state index contributed by atoms with van der Waals surface area (Å²) in [6.07, 6.45) is 6.04. The maximum absolute atomic E-state index is 13.1. The molecule has 1 aromatic rings. The second-order valence-electron chi connectivity index (χ2n) is 9.15. The number of benzene rings is 1. The van der Waals surface area contributed by atoms with E-state index in [9.17, 15) is 9.59 Å². The highest BCUT2D eigenvalue weighted by atomic mass is 16.5. The van der Waals surface area contributed by atoms with Crippen molar-refractivity contribution in [1.82, 2.24) is 10.2 Å². The number of nitrogens with zero attached hydrogens (tertiary/aromatic N) is 1. The number of nitrogens with one attached hydrogen (secondary N) is 1. The van der Waals surface area contributed by atoms with E-state index >= 15 is 0 Å². The van der Waals surface area contributed by atoms with E-state index in [-0.39, 0.29) is 23.1 Å². The molecule has 1 saturated heterocycles. The van der Waals surface area contributed by atoms with Crippen LogP contribution in [0.5, 0.6) is 5.75 Å². The predicted octanol–water partition coefficient (Wildman–Crippen LogP) is 2.89. The monoisotopic (exact) mass is 415 g/mol. The molecule has 2 amide bonds. The lowest BCUT2D eigenvalue weighted by atomic mass is 9.73. The molecule has 0 aliphatic carbocycles. The maximum atomic E-state index is 13.1. The second-order valence-corrected chi connectivity index (χ2v) is 9.15. The number of carbonyl (C=O) groups excluding carboxylic acids is 2. The molecule has 2 heterocycles. The van der Waals surface area contributed by atoms with Crippen LogP contribution >= 0.6 is 0 Å². The van der Waals surface area contributed by atoms with Crippen LogP contribution in [-0.2, 0) is 16.0 Å². The minimum absolute atomic E-state index is 0.0126. The number of hydrogen-bond acceptors (Lipinski definition) is 4. The Kier molecular flexibility index (Phi) is 7.75. The highest BCUT2D eigenvalue weighted by Crippen LogP contribution is 2.38. The summed E-state index contributed by atoms with van der Waals surface area (Å²) in [7, 11) is 0. The number of likely N-dealkylation sites (tertiary alicyclic amines) is 1. The van der Waals surface area contributed by atoms with Crippen molar-refractivity contribution < 1.29 is 14.3 Å². The summed E-state index contributed by atoms with van der Waals surface area (Å²) >= 11 is 0. The number of aryl methyl sites for hydroxylation is 1. The fourth-order valence-electron chi connectivity index (χ4n) is 4.52. The number of fused-ring (bicyclic) bond motifs is 1. The zero-order valence-electron chi connectivity index (χ0n) is 18.5. The van der Waals surface area contributed by atoms with Gasteiger partial charge in [-0.25, -0.2) is 0 Å². The molecular formula is C24H37N3O3. The minimum atomic E-state index is -0.465. The molecule has 1 spiro atoms. The van der Waals surface area contributed by atoms with Crippen LogP contribution in [0.25, 0.3) is 0 Å². The maximum Gasteiger partial charge on any atom is 0.239 e. The lowest BCUT2D eigenvalue weighted by Gasteiger charge is -2.41. The van der Waals surface area contributed by atoms with Gasteiger partial charge in [-0.05, 0) is 56.1 Å². The second kappa shape index (κ2) is 10.3. The first-order valence-electron chi connectivity index (χ1n) is 11.5. The van der Waals surface area contributed by atoms with Gasteiger partial charge in [-0.2, -0.15) is 0 Å². The van der Waals surface area contributed by atoms with Crippen molar-refractivity contribution in [2.75, 3.05) is 26.2 Å². The van der Waals surface area contributed by atoms with E-state index < -0.39 is 6.04 Å². The van der Waals surface area contributed by atoms with E-state index in [0.717, 1.165) is 37.9 Å². The first-order valence-corrected chi connectivity index (χ1v) is 11.5. The Balaban J connectivity index is 1.65. The smallest absolute Gasteiger partial charge is 0.239 e. The molecule has 30 heavy (non-hydrogen) atoms. The number of hydrogen-bond donors (Lipinski definition) is 2. The third kappa shape index (κ3) is 5.34. The van der Waals surface area contributed by atoms with Crippen LogP contribution in [0.3, 0.4) is 0 Å². The normalized spacial score (nSPS) is 21.5. The fraction of sp³-hybridized carbons (Fsp3) is 0.667. The summed E-state index contributed by atoms with van der Waals surface area (Å²) in [5.74, 6) is 1.23. The Morgan fingerprint density at radius 1 is 1.13 bits per heavy atom. The lowest BCUT2D eigenvalue weighted by Crippen LogP contribution is -2.54. The third-order valence-electron chi connectivity index (χ3n) is 6.71. The summed E-state index contributed by atoms with van der Waals surface area (Å²) in [5.41, 5.74) is 6.94. The highest BCUT2D eigenvalue weighted by Gasteiger charge is 2.42. The van der Waals surface area contributed by atoms with E-state index in [4.69, 9.17) is 10.5 Å². The van der Waals surface area contributed by atoms with Crippen LogP contribution in [0.1, 0.15) is 57.9 Å². The van der Waals surface area contributed by atoms with Gasteiger partial charge in [0.1, 0.15) is 5.75 Å². The lowest BCUT2D eigenvalue weighted by molar-refractivity contribution is -0.142. The van der Waals surface area contributed by atoms with Crippen molar-refractivity contribution in [2.24, 2.45) is 17.1 Å². The molecule has 2 aliphatic heterocycles. The molecule has 0 unspecified atom stereocenters. The van der Waals surface area contributed by atoms with Crippen molar-refractivity contribution in [3.63, 3.8) is 0 Å². The van der Waals surface area contributed by atoms with Crippen LogP contribution in [0.2, 0.25) is 0 Å². The summed E-state index contributed by atoms with van der Waals surface area (Å²) < 4.78 is 5.95. The summed E-state index contributed by atoms with van der Waals surface area (Å²) in [6, 6.07) is 7.77. The molecule has 6 heteroatoms. The van der Waals surface area contributed by atoms with Crippen molar-refractivity contribution in [1.29, 1.82) is 0 Å². The van der Waals surface area contributed by atoms with Gasteiger partial charge >= 0.3 is 0 Å². The van der Waals surface area contributed by atoms with Crippen LogP contribution in [0.15, 0.2) is 24.3 Å². The van der Waals surface area contributed by atoms with Crippen molar-refractivity contribution in [3.8, 4) is 5.75 Å². The zero-order valence-corrected chi connectivity index (χ0v) is 18.5. The topological polar surface area (TPSA) is 84.7 Å². The van der Waals surface area contributed by atoms with E-state index in [1.807, 2.05) is 30.9 Å². The Bertz CT molecular complexity index is 726. The Labute approximate surface area is 180 Å². The number of para-hydroxylation sites is 1. The quantitative estimate of drug-likeness (QED) is 0.778. The van der Waals surface area contributed by atoms with Gasteiger partial charge in [0.2, 0.25) is 11.8 Å². The largest absolute Gasteiger partial charge is 0.493 e. The number of ether oxygens (including phenoxy) is 1. The molecule has 166 valence electrons. The van der Waals surface area contributed by atoms with Gasteiger partial charge in [-0.3, -0.25) is 9.59 Å². The molecule has 6 nitrogen and oxygen atoms in total. The summed E-state index contributed by atoms with van der Waals surface area (Å²) in [5, 5.41) is 3.14. The van der Waals surface area contributed by atoms with Gasteiger partial charge < -0.3 is 20.7 Å². The number of amides is 2. The van der Waals surface area contributed by atoms with Gasteiger partial charge in [0, 0.05) is 19.6 Å². The first kappa shape index (κ1) is 22.6. The van der Waals surface area contributed by atoms with E-state index in [0.29, 0.717) is 39.1 Å². The molecule has 1 aromatic carbocycles. The molecule has 2 aliphatic rings. The zero-order chi connectivity index (χ0) is 21.6. The average Bonchev–Trinajstić information content (AvgIpc) is 2.77. The molecule has 0 aromatic heterocycles. The SMILES string of the molecule is CC(C)[C@@H](N)C(=O)N1CCC2(CCCCc3ccccc3OCCCNC2=O)CC1. The molecule has 3 N–H and O–H groups in total. The number of nitrogens with two attached hydrogens (primary N) is 1. The first-order chi connectivity index (χ1) is 14.4. The van der Waals surface area contributed by atoms with Gasteiger partial charge in [0.05, 0.1) is 18.1 Å². The highest BCUT2D eigenvalue weighted by molar-refractivity contribution is 5.84. The standard InChI is InChI=1S/C24H37N3O3/c1-18(2)21(25)22(28)27-15-12-24(13-16-27)11-6-5-9-19-8-3-4-10-20(19)30-17-7-14-26-23(24)29/h3-4,8,10,18,21H,5-7,9,11-17,25H2,1-2H3,(H,26,29)/t21-/m1/s1. The van der Waals surface area contributed by atoms with Crippen LogP contribution in [0.4, 0.5) is 0 Å². The van der Waals surface area contributed by atoms with Gasteiger partial charge in [0.25, 0.3) is 0 Å². The fourth-order valence-corrected chi connectivity index (χ4v) is 4.52. The summed E-state index contributed by atoms with van der Waals surface area (Å²) in [4.78, 5) is 27.6. The number of carbonyl (C=O) groups is 2. The third-order valence-corrected chi connectivity index (χ3v) is 6.71. The molecular weight excluding hydrogens is 378 g/mol. The molecule has 1 fully saturated rings. The van der Waals surface area contributed by atoms with Gasteiger partial charge in [-0.1, -0.05) is 38.5 Å². The van der Waals surface area contributed by atoms with Crippen LogP contribution < -0.4 is 15.8 Å². The number of piperidine rings is 1. The van der Waals surface area contributed by atoms with Gasteiger partial charge in [-0.15, -0.1) is 0 Å². The van der Waals surface area contributed by atoms with Crippen molar-refractivity contribution >= 4 is 11.8 Å². The summed E-state index contributed by atoms with van der Waals surface area (Å²) in [6.45, 7) is 6.37. The van der Waals surface area contributed by atoms with Crippen molar-refractivity contribution in [2.45, 2.75) is 64.8 Å². The Hall–Kier alpha value is -2.08. The molecule has 0 saturated carbocycles. The molecule has 0 bridgehead atoms. The molecule has 3 rings (SSSR count). The molecule has 1 atom stereocenters. The Morgan fingerprint density at radius 2 is 1.87 bits per heavy atom. The van der Waals surface area contributed by atoms with Crippen molar-refractivity contribution in [3.05, 3.63) is 29.8 Å².